The number of carbonyl (C=O) groups is 1. The molecule has 1 aliphatic rings. The average molecular weight is 286 g/mol. The number of hydrogen-bond donors (Lipinski definition) is 2. The molecule has 1 aromatic rings. The lowest BCUT2D eigenvalue weighted by molar-refractivity contribution is -0.115. The van der Waals surface area contributed by atoms with E-state index in [4.69, 9.17) is 0 Å². The molecule has 1 atom stereocenters. The highest BCUT2D eigenvalue weighted by molar-refractivity contribution is 8.00. The molecule has 2 rings (SSSR count). The molecule has 0 aromatic heterocycles. The summed E-state index contributed by atoms with van der Waals surface area (Å²) < 4.78 is 26.6. The maximum Gasteiger partial charge on any atom is 0.238 e. The van der Waals surface area contributed by atoms with Crippen LogP contribution in [0.4, 0.5) is 14.5 Å². The molecule has 1 heterocycles. The fourth-order valence-corrected chi connectivity index (χ4v) is 3.19. The Labute approximate surface area is 115 Å². The zero-order chi connectivity index (χ0) is 13.7. The van der Waals surface area contributed by atoms with Gasteiger partial charge in [-0.1, -0.05) is 6.07 Å². The molecular weight excluding hydrogens is 270 g/mol. The normalized spacial score (nSPS) is 18.5. The summed E-state index contributed by atoms with van der Waals surface area (Å²) >= 11 is 1.89. The van der Waals surface area contributed by atoms with E-state index in [1.54, 1.807) is 0 Å². The number of para-hydroxylation sites is 1. The van der Waals surface area contributed by atoms with E-state index in [9.17, 15) is 13.6 Å². The molecule has 0 radical (unpaired) electrons. The van der Waals surface area contributed by atoms with E-state index in [0.717, 1.165) is 25.1 Å². The van der Waals surface area contributed by atoms with Crippen LogP contribution in [0.3, 0.4) is 0 Å². The molecule has 104 valence electrons. The fourth-order valence-electron chi connectivity index (χ4n) is 1.95. The number of hydrogen-bond acceptors (Lipinski definition) is 3. The van der Waals surface area contributed by atoms with Crippen LogP contribution >= 0.6 is 11.8 Å². The van der Waals surface area contributed by atoms with Crippen LogP contribution in [0.2, 0.25) is 0 Å². The summed E-state index contributed by atoms with van der Waals surface area (Å²) in [7, 11) is 0. The molecule has 3 nitrogen and oxygen atoms in total. The quantitative estimate of drug-likeness (QED) is 0.873. The molecule has 6 heteroatoms. The predicted molar refractivity (Wildman–Crippen MR) is 73.3 cm³/mol. The lowest BCUT2D eigenvalue weighted by Gasteiger charge is -2.11. The number of anilines is 1. The van der Waals surface area contributed by atoms with Crippen LogP contribution < -0.4 is 10.6 Å². The fraction of sp³-hybridized carbons (Fsp3) is 0.462. The molecule has 1 aromatic carbocycles. The van der Waals surface area contributed by atoms with Crippen molar-refractivity contribution in [3.05, 3.63) is 29.8 Å². The number of amides is 1. The Morgan fingerprint density at radius 1 is 1.37 bits per heavy atom. The number of carbonyl (C=O) groups excluding carboxylic acids is 1. The van der Waals surface area contributed by atoms with Crippen molar-refractivity contribution in [1.29, 1.82) is 0 Å². The molecule has 1 fully saturated rings. The van der Waals surface area contributed by atoms with E-state index in [1.807, 2.05) is 11.8 Å². The monoisotopic (exact) mass is 286 g/mol. The first kappa shape index (κ1) is 14.3. The Hall–Kier alpha value is -1.14. The van der Waals surface area contributed by atoms with Crippen LogP contribution in [0.5, 0.6) is 0 Å². The zero-order valence-corrected chi connectivity index (χ0v) is 11.2. The summed E-state index contributed by atoms with van der Waals surface area (Å²) in [5.74, 6) is -0.801. The van der Waals surface area contributed by atoms with E-state index in [2.05, 4.69) is 10.6 Å². The number of benzene rings is 1. The Bertz CT molecular complexity index is 430. The van der Waals surface area contributed by atoms with Gasteiger partial charge in [0.15, 0.2) is 0 Å². The minimum Gasteiger partial charge on any atom is -0.320 e. The molecule has 2 N–H and O–H groups in total. The summed E-state index contributed by atoms with van der Waals surface area (Å²) in [6.45, 7) is 0.808. The van der Waals surface area contributed by atoms with Crippen LogP contribution in [0.25, 0.3) is 0 Å². The summed E-state index contributed by atoms with van der Waals surface area (Å²) in [5, 5.41) is 5.79. The second-order valence-corrected chi connectivity index (χ2v) is 5.82. The Balaban J connectivity index is 1.77. The number of thioether (sulfide) groups is 1. The third-order valence-corrected chi connectivity index (χ3v) is 4.31. The molecule has 0 spiro atoms. The van der Waals surface area contributed by atoms with E-state index in [0.29, 0.717) is 5.25 Å². The maximum absolute atomic E-state index is 13.3. The maximum atomic E-state index is 13.3. The van der Waals surface area contributed by atoms with Gasteiger partial charge < -0.3 is 10.6 Å². The first-order valence-corrected chi connectivity index (χ1v) is 7.28. The minimum absolute atomic E-state index is 0.0604. The third kappa shape index (κ3) is 4.18. The van der Waals surface area contributed by atoms with Crippen molar-refractivity contribution >= 4 is 23.4 Å². The second kappa shape index (κ2) is 6.86. The first-order valence-electron chi connectivity index (χ1n) is 6.23. The smallest absolute Gasteiger partial charge is 0.238 e. The lowest BCUT2D eigenvalue weighted by Crippen LogP contribution is -2.32. The zero-order valence-electron chi connectivity index (χ0n) is 10.4. The van der Waals surface area contributed by atoms with Crippen molar-refractivity contribution in [1.82, 2.24) is 5.32 Å². The number of halogens is 2. The van der Waals surface area contributed by atoms with Crippen molar-refractivity contribution in [3.63, 3.8) is 0 Å². The second-order valence-electron chi connectivity index (χ2n) is 4.41. The van der Waals surface area contributed by atoms with Gasteiger partial charge in [0.1, 0.15) is 17.3 Å². The van der Waals surface area contributed by atoms with Gasteiger partial charge in [-0.3, -0.25) is 4.79 Å². The van der Waals surface area contributed by atoms with Gasteiger partial charge >= 0.3 is 0 Å². The van der Waals surface area contributed by atoms with Crippen molar-refractivity contribution in [2.45, 2.75) is 18.1 Å². The van der Waals surface area contributed by atoms with E-state index >= 15 is 0 Å². The highest BCUT2D eigenvalue weighted by Gasteiger charge is 2.16. The molecular formula is C13H16F2N2OS. The van der Waals surface area contributed by atoms with Crippen LogP contribution in [0.15, 0.2) is 18.2 Å². The Kier molecular flexibility index (Phi) is 5.15. The van der Waals surface area contributed by atoms with Crippen LogP contribution in [-0.4, -0.2) is 30.0 Å². The molecule has 19 heavy (non-hydrogen) atoms. The van der Waals surface area contributed by atoms with Crippen LogP contribution in [0, 0.1) is 11.6 Å². The van der Waals surface area contributed by atoms with Gasteiger partial charge in [-0.25, -0.2) is 8.78 Å². The molecule has 1 amide bonds. The molecule has 1 aliphatic heterocycles. The van der Waals surface area contributed by atoms with Gasteiger partial charge in [0.05, 0.1) is 6.54 Å². The van der Waals surface area contributed by atoms with Crippen molar-refractivity contribution < 1.29 is 13.6 Å². The molecule has 1 saturated heterocycles. The SMILES string of the molecule is O=C(CNCC1CCCS1)Nc1c(F)cccc1F. The van der Waals surface area contributed by atoms with Crippen molar-refractivity contribution in [2.75, 3.05) is 24.2 Å². The van der Waals surface area contributed by atoms with Gasteiger partial charge in [-0.2, -0.15) is 11.8 Å². The number of rotatable bonds is 5. The molecule has 0 saturated carbocycles. The lowest BCUT2D eigenvalue weighted by atomic mass is 10.2. The standard InChI is InChI=1S/C13H16F2N2OS/c14-10-4-1-5-11(15)13(10)17-12(18)8-16-7-9-3-2-6-19-9/h1,4-5,9,16H,2-3,6-8H2,(H,17,18). The summed E-state index contributed by atoms with van der Waals surface area (Å²) in [6.07, 6.45) is 2.37. The third-order valence-electron chi connectivity index (χ3n) is 2.91. The topological polar surface area (TPSA) is 41.1 Å². The van der Waals surface area contributed by atoms with E-state index in [1.165, 1.54) is 18.2 Å². The van der Waals surface area contributed by atoms with E-state index in [-0.39, 0.29) is 12.2 Å². The summed E-state index contributed by atoms with van der Waals surface area (Å²) in [4.78, 5) is 11.6. The largest absolute Gasteiger partial charge is 0.320 e. The van der Waals surface area contributed by atoms with Gasteiger partial charge in [-0.05, 0) is 30.7 Å². The predicted octanol–water partition coefficient (Wildman–Crippen LogP) is 2.39. The van der Waals surface area contributed by atoms with Crippen LogP contribution in [0.1, 0.15) is 12.8 Å². The molecule has 0 bridgehead atoms. The Morgan fingerprint density at radius 3 is 2.74 bits per heavy atom. The van der Waals surface area contributed by atoms with Gasteiger partial charge in [0.25, 0.3) is 0 Å². The van der Waals surface area contributed by atoms with Crippen molar-refractivity contribution in [2.24, 2.45) is 0 Å². The molecule has 0 aliphatic carbocycles. The van der Waals surface area contributed by atoms with Gasteiger partial charge in [0, 0.05) is 11.8 Å². The minimum atomic E-state index is -0.764. The first-order chi connectivity index (χ1) is 9.16. The van der Waals surface area contributed by atoms with Crippen LogP contribution in [-0.2, 0) is 4.79 Å². The molecule has 1 unspecified atom stereocenters. The average Bonchev–Trinajstić information content (AvgIpc) is 2.87. The summed E-state index contributed by atoms with van der Waals surface area (Å²) in [5.41, 5.74) is -0.385. The Morgan fingerprint density at radius 2 is 2.11 bits per heavy atom. The highest BCUT2D eigenvalue weighted by Crippen LogP contribution is 2.25. The van der Waals surface area contributed by atoms with E-state index < -0.39 is 17.5 Å². The van der Waals surface area contributed by atoms with Gasteiger partial charge in [0.2, 0.25) is 5.91 Å². The van der Waals surface area contributed by atoms with Crippen molar-refractivity contribution in [3.8, 4) is 0 Å². The number of nitrogens with one attached hydrogen (secondary N) is 2. The highest BCUT2D eigenvalue weighted by atomic mass is 32.2. The van der Waals surface area contributed by atoms with Gasteiger partial charge in [-0.15, -0.1) is 0 Å². The summed E-state index contributed by atoms with van der Waals surface area (Å²) in [6, 6.07) is 3.48.